The fourth-order valence-electron chi connectivity index (χ4n) is 1.49. The molecule has 0 atom stereocenters. The number of ether oxygens (including phenoxy) is 3. The second-order valence-electron chi connectivity index (χ2n) is 4.03. The first kappa shape index (κ1) is 15.1. The summed E-state index contributed by atoms with van der Waals surface area (Å²) in [7, 11) is 1.69. The van der Waals surface area contributed by atoms with Crippen molar-refractivity contribution in [1.82, 2.24) is 0 Å². The van der Waals surface area contributed by atoms with Crippen LogP contribution in [0.1, 0.15) is 17.5 Å². The van der Waals surface area contributed by atoms with Crippen molar-refractivity contribution in [2.45, 2.75) is 19.6 Å². The van der Waals surface area contributed by atoms with Gasteiger partial charge in [-0.25, -0.2) is 0 Å². The summed E-state index contributed by atoms with van der Waals surface area (Å²) in [4.78, 5) is 0. The molecule has 102 valence electrons. The molecule has 0 amide bonds. The first-order chi connectivity index (χ1) is 8.86. The molecule has 0 aliphatic carbocycles. The standard InChI is InChI=1S/C14H23NO3/c1-16-7-2-8-17-9-10-18-12-14-5-3-13(11-15)4-6-14/h3-6H,2,7-12,15H2,1H3. The molecule has 2 N–H and O–H groups in total. The van der Waals surface area contributed by atoms with Gasteiger partial charge in [-0.15, -0.1) is 0 Å². The lowest BCUT2D eigenvalue weighted by atomic mass is 10.1. The van der Waals surface area contributed by atoms with Gasteiger partial charge < -0.3 is 19.9 Å². The maximum atomic E-state index is 5.53. The van der Waals surface area contributed by atoms with Gasteiger partial charge in [-0.05, 0) is 17.5 Å². The first-order valence-electron chi connectivity index (χ1n) is 6.29. The van der Waals surface area contributed by atoms with E-state index < -0.39 is 0 Å². The minimum absolute atomic E-state index is 0.580. The van der Waals surface area contributed by atoms with Crippen molar-refractivity contribution < 1.29 is 14.2 Å². The van der Waals surface area contributed by atoms with Crippen LogP contribution in [0.25, 0.3) is 0 Å². The maximum absolute atomic E-state index is 5.53. The zero-order valence-electron chi connectivity index (χ0n) is 11.1. The van der Waals surface area contributed by atoms with E-state index in [4.69, 9.17) is 19.9 Å². The third kappa shape index (κ3) is 6.71. The summed E-state index contributed by atoms with van der Waals surface area (Å²) in [5.41, 5.74) is 7.83. The second-order valence-corrected chi connectivity index (χ2v) is 4.03. The Hall–Kier alpha value is -0.940. The molecule has 1 aromatic rings. The zero-order valence-corrected chi connectivity index (χ0v) is 11.1. The number of nitrogens with two attached hydrogens (primary N) is 1. The number of hydrogen-bond acceptors (Lipinski definition) is 4. The quantitative estimate of drug-likeness (QED) is 0.645. The van der Waals surface area contributed by atoms with Crippen molar-refractivity contribution in [3.8, 4) is 0 Å². The Morgan fingerprint density at radius 1 is 0.889 bits per heavy atom. The molecule has 0 radical (unpaired) electrons. The molecule has 0 aromatic heterocycles. The summed E-state index contributed by atoms with van der Waals surface area (Å²) >= 11 is 0. The summed E-state index contributed by atoms with van der Waals surface area (Å²) in [6.07, 6.45) is 0.928. The highest BCUT2D eigenvalue weighted by Crippen LogP contribution is 2.04. The summed E-state index contributed by atoms with van der Waals surface area (Å²) in [5, 5.41) is 0. The maximum Gasteiger partial charge on any atom is 0.0718 e. The minimum atomic E-state index is 0.580. The van der Waals surface area contributed by atoms with Gasteiger partial charge in [0.2, 0.25) is 0 Å². The van der Waals surface area contributed by atoms with Crippen molar-refractivity contribution in [3.63, 3.8) is 0 Å². The van der Waals surface area contributed by atoms with E-state index in [1.54, 1.807) is 7.11 Å². The third-order valence-corrected chi connectivity index (χ3v) is 2.54. The average molecular weight is 253 g/mol. The molecule has 0 saturated heterocycles. The Labute approximate surface area is 109 Å². The number of benzene rings is 1. The van der Waals surface area contributed by atoms with Crippen molar-refractivity contribution in [2.24, 2.45) is 5.73 Å². The van der Waals surface area contributed by atoms with Gasteiger partial charge in [-0.1, -0.05) is 24.3 Å². The van der Waals surface area contributed by atoms with Crippen molar-refractivity contribution in [3.05, 3.63) is 35.4 Å². The summed E-state index contributed by atoms with van der Waals surface area (Å²) in [6, 6.07) is 8.14. The summed E-state index contributed by atoms with van der Waals surface area (Å²) < 4.78 is 15.8. The largest absolute Gasteiger partial charge is 0.385 e. The van der Waals surface area contributed by atoms with Gasteiger partial charge in [0, 0.05) is 26.9 Å². The molecule has 1 rings (SSSR count). The van der Waals surface area contributed by atoms with Crippen LogP contribution >= 0.6 is 0 Å². The molecule has 0 heterocycles. The number of rotatable bonds is 10. The molecule has 1 aromatic carbocycles. The average Bonchev–Trinajstić information content (AvgIpc) is 2.42. The highest BCUT2D eigenvalue weighted by atomic mass is 16.5. The van der Waals surface area contributed by atoms with Crippen LogP contribution in [0.2, 0.25) is 0 Å². The molecule has 18 heavy (non-hydrogen) atoms. The Balaban J connectivity index is 2.00. The van der Waals surface area contributed by atoms with Gasteiger partial charge in [-0.3, -0.25) is 0 Å². The molecule has 0 aliphatic heterocycles. The molecular formula is C14H23NO3. The summed E-state index contributed by atoms with van der Waals surface area (Å²) in [6.45, 7) is 3.91. The van der Waals surface area contributed by atoms with E-state index in [0.717, 1.165) is 30.8 Å². The van der Waals surface area contributed by atoms with Gasteiger partial charge >= 0.3 is 0 Å². The van der Waals surface area contributed by atoms with E-state index in [0.29, 0.717) is 26.4 Å². The van der Waals surface area contributed by atoms with Crippen LogP contribution < -0.4 is 5.73 Å². The predicted molar refractivity (Wildman–Crippen MR) is 71.3 cm³/mol. The topological polar surface area (TPSA) is 53.7 Å². The third-order valence-electron chi connectivity index (χ3n) is 2.54. The predicted octanol–water partition coefficient (Wildman–Crippen LogP) is 1.71. The zero-order chi connectivity index (χ0) is 13.1. The molecule has 0 fully saturated rings. The normalized spacial score (nSPS) is 10.8. The molecule has 0 bridgehead atoms. The van der Waals surface area contributed by atoms with Crippen LogP contribution in [0.4, 0.5) is 0 Å². The van der Waals surface area contributed by atoms with Gasteiger partial charge in [0.05, 0.1) is 19.8 Å². The van der Waals surface area contributed by atoms with Crippen LogP contribution in [0.5, 0.6) is 0 Å². The van der Waals surface area contributed by atoms with Gasteiger partial charge in [0.25, 0.3) is 0 Å². The second kappa shape index (κ2) is 10.0. The molecule has 0 unspecified atom stereocenters. The van der Waals surface area contributed by atoms with Crippen LogP contribution in [-0.4, -0.2) is 33.5 Å². The van der Waals surface area contributed by atoms with Gasteiger partial charge in [-0.2, -0.15) is 0 Å². The fraction of sp³-hybridized carbons (Fsp3) is 0.571. The number of methoxy groups -OCH3 is 1. The molecule has 0 aliphatic rings. The van der Waals surface area contributed by atoms with E-state index in [2.05, 4.69) is 0 Å². The van der Waals surface area contributed by atoms with Crippen molar-refractivity contribution >= 4 is 0 Å². The molecule has 0 saturated carbocycles. The molecule has 0 spiro atoms. The lowest BCUT2D eigenvalue weighted by molar-refractivity contribution is 0.0337. The summed E-state index contributed by atoms with van der Waals surface area (Å²) in [5.74, 6) is 0. The smallest absolute Gasteiger partial charge is 0.0718 e. The Bertz CT molecular complexity index is 300. The monoisotopic (exact) mass is 253 g/mol. The molecular weight excluding hydrogens is 230 g/mol. The highest BCUT2D eigenvalue weighted by molar-refractivity contribution is 5.21. The van der Waals surface area contributed by atoms with E-state index in [1.165, 1.54) is 0 Å². The molecule has 4 nitrogen and oxygen atoms in total. The van der Waals surface area contributed by atoms with E-state index in [9.17, 15) is 0 Å². The Morgan fingerprint density at radius 3 is 2.22 bits per heavy atom. The Morgan fingerprint density at radius 2 is 1.56 bits per heavy atom. The van der Waals surface area contributed by atoms with Crippen LogP contribution in [-0.2, 0) is 27.4 Å². The Kier molecular flexibility index (Phi) is 8.42. The highest BCUT2D eigenvalue weighted by Gasteiger charge is 1.95. The van der Waals surface area contributed by atoms with Crippen LogP contribution in [0, 0.1) is 0 Å². The van der Waals surface area contributed by atoms with E-state index >= 15 is 0 Å². The fourth-order valence-corrected chi connectivity index (χ4v) is 1.49. The van der Waals surface area contributed by atoms with E-state index in [-0.39, 0.29) is 0 Å². The first-order valence-corrected chi connectivity index (χ1v) is 6.29. The lowest BCUT2D eigenvalue weighted by Crippen LogP contribution is -2.06. The SMILES string of the molecule is COCCCOCCOCc1ccc(CN)cc1. The minimum Gasteiger partial charge on any atom is -0.385 e. The van der Waals surface area contributed by atoms with Gasteiger partial charge in [0.15, 0.2) is 0 Å². The number of hydrogen-bond donors (Lipinski definition) is 1. The van der Waals surface area contributed by atoms with Gasteiger partial charge in [0.1, 0.15) is 0 Å². The lowest BCUT2D eigenvalue weighted by Gasteiger charge is -2.06. The molecule has 4 heteroatoms. The van der Waals surface area contributed by atoms with E-state index in [1.807, 2.05) is 24.3 Å². The van der Waals surface area contributed by atoms with Crippen molar-refractivity contribution in [2.75, 3.05) is 33.5 Å². The van der Waals surface area contributed by atoms with Crippen LogP contribution in [0.3, 0.4) is 0 Å². The van der Waals surface area contributed by atoms with Crippen molar-refractivity contribution in [1.29, 1.82) is 0 Å². The van der Waals surface area contributed by atoms with Crippen LogP contribution in [0.15, 0.2) is 24.3 Å².